The number of non-ortho nitro benzene ring substituents is 1. The Hall–Kier alpha value is -4.17. The molecule has 1 aliphatic heterocycles. The summed E-state index contributed by atoms with van der Waals surface area (Å²) in [5.41, 5.74) is 1.30. The van der Waals surface area contributed by atoms with Gasteiger partial charge in [0.2, 0.25) is 5.76 Å². The molecule has 0 spiro atoms. The molecule has 1 atom stereocenters. The Morgan fingerprint density at radius 1 is 1.09 bits per heavy atom. The summed E-state index contributed by atoms with van der Waals surface area (Å²) in [5.74, 6) is 0.211. The number of carbonyl (C=O) groups excluding carboxylic acids is 1. The van der Waals surface area contributed by atoms with Gasteiger partial charge in [-0.1, -0.05) is 35.9 Å². The average molecular weight is 491 g/mol. The SMILES string of the molecule is COc1ccc(CCN2C(=O)c3oc4ccc(Cl)cc4c(=O)c3C2c2cccc([N+](=O)[O-])c2)cc1. The molecule has 2 heterocycles. The summed E-state index contributed by atoms with van der Waals surface area (Å²) in [6.07, 6.45) is 0.495. The highest BCUT2D eigenvalue weighted by atomic mass is 35.5. The Morgan fingerprint density at radius 3 is 2.57 bits per heavy atom. The Balaban J connectivity index is 1.63. The average Bonchev–Trinajstić information content (AvgIpc) is 3.15. The molecule has 35 heavy (non-hydrogen) atoms. The van der Waals surface area contributed by atoms with Crippen LogP contribution in [0.4, 0.5) is 5.69 Å². The van der Waals surface area contributed by atoms with Gasteiger partial charge in [-0.25, -0.2) is 0 Å². The molecule has 0 fully saturated rings. The number of hydrogen-bond acceptors (Lipinski definition) is 6. The van der Waals surface area contributed by atoms with E-state index in [1.807, 2.05) is 24.3 Å². The zero-order valence-corrected chi connectivity index (χ0v) is 19.3. The summed E-state index contributed by atoms with van der Waals surface area (Å²) in [6.45, 7) is 0.263. The molecule has 0 radical (unpaired) electrons. The van der Waals surface area contributed by atoms with Crippen molar-refractivity contribution in [3.05, 3.63) is 115 Å². The first kappa shape index (κ1) is 22.6. The molecule has 4 aromatic rings. The van der Waals surface area contributed by atoms with E-state index in [-0.39, 0.29) is 40.0 Å². The van der Waals surface area contributed by atoms with Gasteiger partial charge in [-0.15, -0.1) is 0 Å². The predicted octanol–water partition coefficient (Wildman–Crippen LogP) is 5.15. The number of fused-ring (bicyclic) bond motifs is 2. The standard InChI is InChI=1S/C26H19ClN2O6/c1-34-19-8-5-15(6-9-19)11-12-28-23(16-3-2-4-18(13-16)29(32)33)22-24(30)20-14-17(27)7-10-21(20)35-25(22)26(28)31/h2-10,13-14,23H,11-12H2,1H3. The Labute approximate surface area is 204 Å². The van der Waals surface area contributed by atoms with Crippen molar-refractivity contribution in [3.8, 4) is 5.75 Å². The third-order valence-electron chi connectivity index (χ3n) is 6.12. The summed E-state index contributed by atoms with van der Waals surface area (Å²) >= 11 is 6.11. The number of nitro groups is 1. The molecule has 176 valence electrons. The molecule has 0 saturated carbocycles. The maximum absolute atomic E-state index is 13.6. The summed E-state index contributed by atoms with van der Waals surface area (Å²) in [7, 11) is 1.58. The van der Waals surface area contributed by atoms with Crippen LogP contribution in [-0.2, 0) is 6.42 Å². The minimum atomic E-state index is -0.838. The van der Waals surface area contributed by atoms with E-state index in [9.17, 15) is 19.7 Å². The fourth-order valence-corrected chi connectivity index (χ4v) is 4.59. The van der Waals surface area contributed by atoms with Gasteiger partial charge in [0.05, 0.1) is 29.0 Å². The highest BCUT2D eigenvalue weighted by Gasteiger charge is 2.42. The van der Waals surface area contributed by atoms with Crippen LogP contribution >= 0.6 is 11.6 Å². The molecular formula is C26H19ClN2O6. The van der Waals surface area contributed by atoms with Crippen LogP contribution in [-0.4, -0.2) is 29.4 Å². The van der Waals surface area contributed by atoms with Crippen LogP contribution in [0.15, 0.2) is 75.9 Å². The first-order valence-corrected chi connectivity index (χ1v) is 11.2. The van der Waals surface area contributed by atoms with Crippen molar-refractivity contribution in [2.45, 2.75) is 12.5 Å². The van der Waals surface area contributed by atoms with Crippen LogP contribution in [0.3, 0.4) is 0 Å². The number of ether oxygens (including phenoxy) is 1. The predicted molar refractivity (Wildman–Crippen MR) is 130 cm³/mol. The molecule has 1 aliphatic rings. The molecule has 8 nitrogen and oxygen atoms in total. The fourth-order valence-electron chi connectivity index (χ4n) is 4.42. The number of halogens is 1. The van der Waals surface area contributed by atoms with E-state index >= 15 is 0 Å². The zero-order valence-electron chi connectivity index (χ0n) is 18.6. The van der Waals surface area contributed by atoms with Gasteiger partial charge in [-0.3, -0.25) is 19.7 Å². The third kappa shape index (κ3) is 4.02. The van der Waals surface area contributed by atoms with Crippen LogP contribution in [0.25, 0.3) is 11.0 Å². The Bertz CT molecular complexity index is 1530. The van der Waals surface area contributed by atoms with E-state index in [4.69, 9.17) is 20.8 Å². The van der Waals surface area contributed by atoms with Gasteiger partial charge in [0.15, 0.2) is 5.43 Å². The second-order valence-electron chi connectivity index (χ2n) is 8.17. The van der Waals surface area contributed by atoms with Crippen molar-refractivity contribution in [3.63, 3.8) is 0 Å². The van der Waals surface area contributed by atoms with Gasteiger partial charge in [0.1, 0.15) is 11.3 Å². The van der Waals surface area contributed by atoms with Crippen LogP contribution in [0.1, 0.15) is 33.3 Å². The monoisotopic (exact) mass is 490 g/mol. The van der Waals surface area contributed by atoms with Crippen molar-refractivity contribution >= 4 is 34.2 Å². The smallest absolute Gasteiger partial charge is 0.290 e. The molecule has 1 aromatic heterocycles. The Kier molecular flexibility index (Phi) is 5.74. The summed E-state index contributed by atoms with van der Waals surface area (Å²) in [4.78, 5) is 39.5. The second-order valence-corrected chi connectivity index (χ2v) is 8.60. The van der Waals surface area contributed by atoms with Crippen LogP contribution in [0.5, 0.6) is 5.75 Å². The lowest BCUT2D eigenvalue weighted by atomic mass is 9.98. The van der Waals surface area contributed by atoms with Crippen LogP contribution in [0.2, 0.25) is 5.02 Å². The van der Waals surface area contributed by atoms with Gasteiger partial charge < -0.3 is 14.1 Å². The molecule has 0 bridgehead atoms. The maximum atomic E-state index is 13.6. The largest absolute Gasteiger partial charge is 0.497 e. The normalized spacial score (nSPS) is 14.9. The van der Waals surface area contributed by atoms with Crippen molar-refractivity contribution in [1.29, 1.82) is 0 Å². The minimum absolute atomic E-state index is 0.0592. The number of amides is 1. The molecule has 1 amide bonds. The van der Waals surface area contributed by atoms with Crippen LogP contribution < -0.4 is 10.2 Å². The quantitative estimate of drug-likeness (QED) is 0.273. The highest BCUT2D eigenvalue weighted by molar-refractivity contribution is 6.31. The molecule has 9 heteroatoms. The molecule has 3 aromatic carbocycles. The molecular weight excluding hydrogens is 472 g/mol. The number of hydrogen-bond donors (Lipinski definition) is 0. The summed E-state index contributed by atoms with van der Waals surface area (Å²) in [6, 6.07) is 17.2. The number of rotatable bonds is 6. The second kappa shape index (κ2) is 8.88. The molecule has 0 aliphatic carbocycles. The number of benzene rings is 3. The van der Waals surface area contributed by atoms with Crippen molar-refractivity contribution in [1.82, 2.24) is 4.90 Å². The molecule has 1 unspecified atom stereocenters. The highest BCUT2D eigenvalue weighted by Crippen LogP contribution is 2.39. The van der Waals surface area contributed by atoms with Crippen molar-refractivity contribution in [2.24, 2.45) is 0 Å². The minimum Gasteiger partial charge on any atom is -0.497 e. The number of methoxy groups -OCH3 is 1. The molecule has 0 N–H and O–H groups in total. The maximum Gasteiger partial charge on any atom is 0.290 e. The fraction of sp³-hybridized carbons (Fsp3) is 0.154. The van der Waals surface area contributed by atoms with Gasteiger partial charge in [0, 0.05) is 23.7 Å². The first-order chi connectivity index (χ1) is 16.9. The summed E-state index contributed by atoms with van der Waals surface area (Å²) < 4.78 is 11.1. The van der Waals surface area contributed by atoms with Gasteiger partial charge in [-0.2, -0.15) is 0 Å². The zero-order chi connectivity index (χ0) is 24.7. The van der Waals surface area contributed by atoms with E-state index in [0.717, 1.165) is 5.56 Å². The number of nitrogens with zero attached hydrogens (tertiary/aromatic N) is 2. The summed E-state index contributed by atoms with van der Waals surface area (Å²) in [5, 5.41) is 12.0. The van der Waals surface area contributed by atoms with Crippen molar-refractivity contribution < 1.29 is 18.9 Å². The van der Waals surface area contributed by atoms with E-state index in [1.165, 1.54) is 29.2 Å². The number of carbonyl (C=O) groups is 1. The van der Waals surface area contributed by atoms with Crippen LogP contribution in [0, 0.1) is 10.1 Å². The third-order valence-corrected chi connectivity index (χ3v) is 6.36. The molecule has 5 rings (SSSR count). The number of nitro benzene ring substituents is 1. The lowest BCUT2D eigenvalue weighted by molar-refractivity contribution is -0.384. The van der Waals surface area contributed by atoms with E-state index in [2.05, 4.69) is 0 Å². The van der Waals surface area contributed by atoms with Gasteiger partial charge >= 0.3 is 0 Å². The van der Waals surface area contributed by atoms with E-state index in [1.54, 1.807) is 25.3 Å². The topological polar surface area (TPSA) is 103 Å². The first-order valence-electron chi connectivity index (χ1n) is 10.8. The van der Waals surface area contributed by atoms with Gasteiger partial charge in [0.25, 0.3) is 11.6 Å². The van der Waals surface area contributed by atoms with E-state index < -0.39 is 16.9 Å². The van der Waals surface area contributed by atoms with E-state index in [0.29, 0.717) is 22.8 Å². The Morgan fingerprint density at radius 2 is 1.86 bits per heavy atom. The van der Waals surface area contributed by atoms with Crippen molar-refractivity contribution in [2.75, 3.05) is 13.7 Å². The lowest BCUT2D eigenvalue weighted by Crippen LogP contribution is -2.31. The lowest BCUT2D eigenvalue weighted by Gasteiger charge is -2.25. The molecule has 0 saturated heterocycles. The van der Waals surface area contributed by atoms with Gasteiger partial charge in [-0.05, 0) is 47.9 Å².